The van der Waals surface area contributed by atoms with E-state index in [2.05, 4.69) is 47.7 Å². The average Bonchev–Trinajstić information content (AvgIpc) is 3.23. The number of thioether (sulfide) groups is 1. The summed E-state index contributed by atoms with van der Waals surface area (Å²) in [6, 6.07) is 6.33. The summed E-state index contributed by atoms with van der Waals surface area (Å²) in [5, 5.41) is 15.2. The Labute approximate surface area is 213 Å². The minimum atomic E-state index is -0.220. The lowest BCUT2D eigenvalue weighted by atomic mass is 9.86. The van der Waals surface area contributed by atoms with Crippen molar-refractivity contribution in [2.75, 3.05) is 12.4 Å². The van der Waals surface area contributed by atoms with Gasteiger partial charge < -0.3 is 19.9 Å². The van der Waals surface area contributed by atoms with E-state index in [9.17, 15) is 9.59 Å². The van der Waals surface area contributed by atoms with Gasteiger partial charge >= 0.3 is 0 Å². The van der Waals surface area contributed by atoms with Crippen LogP contribution in [0.2, 0.25) is 0 Å². The molecule has 1 fully saturated rings. The van der Waals surface area contributed by atoms with Gasteiger partial charge in [-0.05, 0) is 55.7 Å². The molecular formula is C26H39N5O3S. The van der Waals surface area contributed by atoms with E-state index in [1.54, 1.807) is 0 Å². The third kappa shape index (κ3) is 7.72. The summed E-state index contributed by atoms with van der Waals surface area (Å²) in [5.74, 6) is 2.34. The Morgan fingerprint density at radius 3 is 2.69 bits per heavy atom. The highest BCUT2D eigenvalue weighted by atomic mass is 32.2. The van der Waals surface area contributed by atoms with Crippen LogP contribution in [-0.4, -0.2) is 45.0 Å². The molecule has 35 heavy (non-hydrogen) atoms. The lowest BCUT2D eigenvalue weighted by molar-refractivity contribution is -0.123. The van der Waals surface area contributed by atoms with Gasteiger partial charge in [-0.15, -0.1) is 10.2 Å². The van der Waals surface area contributed by atoms with Gasteiger partial charge in [-0.2, -0.15) is 0 Å². The van der Waals surface area contributed by atoms with Crippen molar-refractivity contribution in [1.29, 1.82) is 0 Å². The maximum absolute atomic E-state index is 12.5. The molecule has 9 heteroatoms. The van der Waals surface area contributed by atoms with Crippen molar-refractivity contribution < 1.29 is 14.3 Å². The number of carbonyl (C=O) groups excluding carboxylic acids is 2. The number of rotatable bonds is 11. The summed E-state index contributed by atoms with van der Waals surface area (Å²) in [5.41, 5.74) is 2.17. The standard InChI is InChI=1S/C26H39N5O3S/c1-6-31-23(14-27-24(32)15-34-22-13-18(4)11-12-20(22)17(2)3)29-30-26(31)35-16-25(33)28-21-10-8-7-9-19(21)5/h11-13,17,19,21H,6-10,14-16H2,1-5H3,(H,27,32)(H,28,33)/t19-,21-/m0/s1. The zero-order valence-corrected chi connectivity index (χ0v) is 22.4. The van der Waals surface area contributed by atoms with Crippen molar-refractivity contribution in [3.63, 3.8) is 0 Å². The second-order valence-electron chi connectivity index (χ2n) is 9.63. The van der Waals surface area contributed by atoms with E-state index in [4.69, 9.17) is 4.74 Å². The first-order valence-electron chi connectivity index (χ1n) is 12.6. The third-order valence-electron chi connectivity index (χ3n) is 6.49. The molecule has 0 unspecified atom stereocenters. The van der Waals surface area contributed by atoms with Crippen molar-refractivity contribution in [2.24, 2.45) is 5.92 Å². The number of benzene rings is 1. The second-order valence-corrected chi connectivity index (χ2v) is 10.6. The molecule has 192 valence electrons. The van der Waals surface area contributed by atoms with Crippen LogP contribution in [0.15, 0.2) is 23.4 Å². The van der Waals surface area contributed by atoms with Crippen LogP contribution in [0.3, 0.4) is 0 Å². The zero-order chi connectivity index (χ0) is 25.4. The van der Waals surface area contributed by atoms with Gasteiger partial charge in [0.25, 0.3) is 5.91 Å². The van der Waals surface area contributed by atoms with E-state index in [0.717, 1.165) is 23.3 Å². The zero-order valence-electron chi connectivity index (χ0n) is 21.6. The number of nitrogens with one attached hydrogen (secondary N) is 2. The maximum Gasteiger partial charge on any atom is 0.258 e. The fraction of sp³-hybridized carbons (Fsp3) is 0.615. The van der Waals surface area contributed by atoms with Gasteiger partial charge in [0.2, 0.25) is 5.91 Å². The molecule has 2 aromatic rings. The fourth-order valence-electron chi connectivity index (χ4n) is 4.40. The quantitative estimate of drug-likeness (QED) is 0.448. The Balaban J connectivity index is 1.49. The van der Waals surface area contributed by atoms with Crippen LogP contribution >= 0.6 is 11.8 Å². The first-order chi connectivity index (χ1) is 16.8. The minimum Gasteiger partial charge on any atom is -0.483 e. The van der Waals surface area contributed by atoms with Crippen molar-refractivity contribution in [1.82, 2.24) is 25.4 Å². The highest BCUT2D eigenvalue weighted by molar-refractivity contribution is 7.99. The van der Waals surface area contributed by atoms with Gasteiger partial charge in [-0.3, -0.25) is 9.59 Å². The summed E-state index contributed by atoms with van der Waals surface area (Å²) >= 11 is 1.38. The largest absolute Gasteiger partial charge is 0.483 e. The van der Waals surface area contributed by atoms with Crippen LogP contribution in [0.1, 0.15) is 76.2 Å². The van der Waals surface area contributed by atoms with Crippen molar-refractivity contribution in [2.45, 2.75) is 90.5 Å². The molecule has 2 amide bonds. The molecule has 1 aliphatic carbocycles. The van der Waals surface area contributed by atoms with Gasteiger partial charge in [0, 0.05) is 12.6 Å². The van der Waals surface area contributed by atoms with Crippen LogP contribution in [0.25, 0.3) is 0 Å². The van der Waals surface area contributed by atoms with Gasteiger partial charge in [-0.1, -0.05) is 57.5 Å². The highest BCUT2D eigenvalue weighted by Gasteiger charge is 2.23. The van der Waals surface area contributed by atoms with Crippen LogP contribution in [0.4, 0.5) is 0 Å². The van der Waals surface area contributed by atoms with E-state index >= 15 is 0 Å². The molecular weight excluding hydrogens is 462 g/mol. The fourth-order valence-corrected chi connectivity index (χ4v) is 5.23. The molecule has 2 atom stereocenters. The Morgan fingerprint density at radius 2 is 1.97 bits per heavy atom. The first-order valence-corrected chi connectivity index (χ1v) is 13.6. The summed E-state index contributed by atoms with van der Waals surface area (Å²) < 4.78 is 7.75. The number of hydrogen-bond acceptors (Lipinski definition) is 6. The molecule has 1 aromatic heterocycles. The number of amides is 2. The normalized spacial score (nSPS) is 17.9. The Hall–Kier alpha value is -2.55. The topological polar surface area (TPSA) is 98.1 Å². The molecule has 1 heterocycles. The summed E-state index contributed by atoms with van der Waals surface area (Å²) in [7, 11) is 0. The molecule has 0 aliphatic heterocycles. The summed E-state index contributed by atoms with van der Waals surface area (Å²) in [4.78, 5) is 24.9. The van der Waals surface area contributed by atoms with Crippen LogP contribution in [0, 0.1) is 12.8 Å². The predicted molar refractivity (Wildman–Crippen MR) is 139 cm³/mol. The van der Waals surface area contributed by atoms with Crippen molar-refractivity contribution in [3.05, 3.63) is 35.2 Å². The number of aromatic nitrogens is 3. The Kier molecular flexibility index (Phi) is 10.0. The molecule has 1 aromatic carbocycles. The van der Waals surface area contributed by atoms with E-state index < -0.39 is 0 Å². The van der Waals surface area contributed by atoms with Crippen LogP contribution in [-0.2, 0) is 22.7 Å². The molecule has 0 radical (unpaired) electrons. The lowest BCUT2D eigenvalue weighted by Gasteiger charge is -2.29. The smallest absolute Gasteiger partial charge is 0.258 e. The van der Waals surface area contributed by atoms with Gasteiger partial charge in [0.05, 0.1) is 12.3 Å². The SMILES string of the molecule is CCn1c(CNC(=O)COc2cc(C)ccc2C(C)C)nnc1SCC(=O)N[C@H]1CCCC[C@@H]1C. The maximum atomic E-state index is 12.5. The monoisotopic (exact) mass is 501 g/mol. The van der Waals surface area contributed by atoms with Crippen LogP contribution in [0.5, 0.6) is 5.75 Å². The third-order valence-corrected chi connectivity index (χ3v) is 7.46. The van der Waals surface area contributed by atoms with Gasteiger partial charge in [-0.25, -0.2) is 0 Å². The highest BCUT2D eigenvalue weighted by Crippen LogP contribution is 2.27. The van der Waals surface area contributed by atoms with E-state index in [-0.39, 0.29) is 31.0 Å². The molecule has 0 spiro atoms. The number of carbonyl (C=O) groups is 2. The lowest BCUT2D eigenvalue weighted by Crippen LogP contribution is -2.41. The molecule has 1 aliphatic rings. The summed E-state index contributed by atoms with van der Waals surface area (Å²) in [6.07, 6.45) is 4.65. The Morgan fingerprint density at radius 1 is 1.20 bits per heavy atom. The molecule has 8 nitrogen and oxygen atoms in total. The van der Waals surface area contributed by atoms with Crippen molar-refractivity contribution in [3.8, 4) is 5.75 Å². The number of nitrogens with zero attached hydrogens (tertiary/aromatic N) is 3. The number of ether oxygens (including phenoxy) is 1. The number of aryl methyl sites for hydroxylation is 1. The van der Waals surface area contributed by atoms with E-state index in [1.807, 2.05) is 30.5 Å². The molecule has 0 saturated heterocycles. The van der Waals surface area contributed by atoms with Gasteiger partial charge in [0.15, 0.2) is 17.6 Å². The van der Waals surface area contributed by atoms with E-state index in [0.29, 0.717) is 35.1 Å². The molecule has 2 N–H and O–H groups in total. The molecule has 1 saturated carbocycles. The summed E-state index contributed by atoms with van der Waals surface area (Å²) in [6.45, 7) is 11.3. The molecule has 0 bridgehead atoms. The average molecular weight is 502 g/mol. The van der Waals surface area contributed by atoms with E-state index in [1.165, 1.54) is 31.0 Å². The first kappa shape index (κ1) is 27.0. The van der Waals surface area contributed by atoms with Gasteiger partial charge in [0.1, 0.15) is 5.75 Å². The predicted octanol–water partition coefficient (Wildman–Crippen LogP) is 4.21. The Bertz CT molecular complexity index is 1010. The van der Waals surface area contributed by atoms with Crippen molar-refractivity contribution >= 4 is 23.6 Å². The molecule has 3 rings (SSSR count). The second kappa shape index (κ2) is 13.0. The van der Waals surface area contributed by atoms with Crippen LogP contribution < -0.4 is 15.4 Å². The number of hydrogen-bond donors (Lipinski definition) is 2. The minimum absolute atomic E-state index is 0.0309.